The van der Waals surface area contributed by atoms with Crippen molar-refractivity contribution < 1.29 is 14.0 Å². The summed E-state index contributed by atoms with van der Waals surface area (Å²) in [4.78, 5) is 25.6. The lowest BCUT2D eigenvalue weighted by atomic mass is 9.89. The van der Waals surface area contributed by atoms with Gasteiger partial charge in [-0.05, 0) is 49.1 Å². The van der Waals surface area contributed by atoms with Crippen LogP contribution in [0.4, 0.5) is 10.1 Å². The monoisotopic (exact) mass is 478 g/mol. The molecule has 1 aliphatic carbocycles. The average molecular weight is 479 g/mol. The second kappa shape index (κ2) is 10.8. The maximum absolute atomic E-state index is 14.0. The lowest BCUT2D eigenvalue weighted by Crippen LogP contribution is -2.31. The van der Waals surface area contributed by atoms with Gasteiger partial charge in [0.05, 0.1) is 17.0 Å². The van der Waals surface area contributed by atoms with E-state index in [-0.39, 0.29) is 17.3 Å². The SMILES string of the molecule is O=C(CSc1ccccc1C(=O)Nc1ccc(Br)cc1F)NCC1CCCCC1. The summed E-state index contributed by atoms with van der Waals surface area (Å²) in [5.41, 5.74) is 0.531. The minimum Gasteiger partial charge on any atom is -0.355 e. The van der Waals surface area contributed by atoms with Gasteiger partial charge in [0, 0.05) is 15.9 Å². The quantitative estimate of drug-likeness (QED) is 0.507. The Labute approximate surface area is 183 Å². The zero-order chi connectivity index (χ0) is 20.6. The van der Waals surface area contributed by atoms with Crippen LogP contribution in [-0.2, 0) is 4.79 Å². The average Bonchev–Trinajstić information content (AvgIpc) is 2.73. The van der Waals surface area contributed by atoms with Crippen molar-refractivity contribution in [2.75, 3.05) is 17.6 Å². The molecule has 0 atom stereocenters. The molecule has 0 bridgehead atoms. The fourth-order valence-corrected chi connectivity index (χ4v) is 4.62. The van der Waals surface area contributed by atoms with Gasteiger partial charge in [0.1, 0.15) is 5.82 Å². The predicted molar refractivity (Wildman–Crippen MR) is 119 cm³/mol. The van der Waals surface area contributed by atoms with Crippen LogP contribution in [-0.4, -0.2) is 24.1 Å². The topological polar surface area (TPSA) is 58.2 Å². The van der Waals surface area contributed by atoms with Gasteiger partial charge in [0.25, 0.3) is 5.91 Å². The zero-order valence-corrected chi connectivity index (χ0v) is 18.5. The second-order valence-corrected chi connectivity index (χ2v) is 9.10. The van der Waals surface area contributed by atoms with Crippen molar-refractivity contribution in [2.24, 2.45) is 5.92 Å². The molecule has 0 aromatic heterocycles. The number of thioether (sulfide) groups is 1. The molecule has 2 amide bonds. The Morgan fingerprint density at radius 3 is 2.62 bits per heavy atom. The predicted octanol–water partition coefficient (Wildman–Crippen LogP) is 5.63. The Morgan fingerprint density at radius 2 is 1.86 bits per heavy atom. The van der Waals surface area contributed by atoms with Crippen molar-refractivity contribution in [3.8, 4) is 0 Å². The molecule has 1 aliphatic rings. The number of carbonyl (C=O) groups is 2. The number of hydrogen-bond donors (Lipinski definition) is 2. The van der Waals surface area contributed by atoms with Crippen LogP contribution in [0.3, 0.4) is 0 Å². The molecule has 0 spiro atoms. The van der Waals surface area contributed by atoms with E-state index in [9.17, 15) is 14.0 Å². The molecule has 4 nitrogen and oxygen atoms in total. The third-order valence-corrected chi connectivity index (χ3v) is 6.55. The summed E-state index contributed by atoms with van der Waals surface area (Å²) in [6, 6.07) is 11.5. The highest BCUT2D eigenvalue weighted by Gasteiger charge is 2.16. The number of carbonyl (C=O) groups excluding carboxylic acids is 2. The van der Waals surface area contributed by atoms with Crippen molar-refractivity contribution in [1.29, 1.82) is 0 Å². The molecule has 154 valence electrons. The highest BCUT2D eigenvalue weighted by molar-refractivity contribution is 9.10. The van der Waals surface area contributed by atoms with Crippen LogP contribution in [0.15, 0.2) is 51.8 Å². The van der Waals surface area contributed by atoms with Crippen LogP contribution in [0.5, 0.6) is 0 Å². The van der Waals surface area contributed by atoms with E-state index in [2.05, 4.69) is 26.6 Å². The molecular weight excluding hydrogens is 455 g/mol. The second-order valence-electron chi connectivity index (χ2n) is 7.17. The van der Waals surface area contributed by atoms with Gasteiger partial charge in [0.15, 0.2) is 0 Å². The Balaban J connectivity index is 1.56. The first kappa shape index (κ1) is 21.8. The van der Waals surface area contributed by atoms with E-state index in [0.717, 1.165) is 6.54 Å². The Morgan fingerprint density at radius 1 is 1.10 bits per heavy atom. The first-order valence-corrected chi connectivity index (χ1v) is 11.6. The molecule has 0 radical (unpaired) electrons. The molecule has 2 N–H and O–H groups in total. The van der Waals surface area contributed by atoms with Gasteiger partial charge in [0.2, 0.25) is 5.91 Å². The van der Waals surface area contributed by atoms with Gasteiger partial charge in [-0.15, -0.1) is 11.8 Å². The van der Waals surface area contributed by atoms with E-state index in [4.69, 9.17) is 0 Å². The molecule has 2 aromatic carbocycles. The Hall–Kier alpha value is -1.86. The highest BCUT2D eigenvalue weighted by atomic mass is 79.9. The van der Waals surface area contributed by atoms with Gasteiger partial charge in [-0.1, -0.05) is 47.3 Å². The van der Waals surface area contributed by atoms with Crippen LogP contribution >= 0.6 is 27.7 Å². The molecule has 0 heterocycles. The number of rotatable bonds is 7. The van der Waals surface area contributed by atoms with E-state index in [1.807, 2.05) is 6.07 Å². The summed E-state index contributed by atoms with van der Waals surface area (Å²) in [6.07, 6.45) is 6.16. The number of nitrogens with one attached hydrogen (secondary N) is 2. The third kappa shape index (κ3) is 6.57. The van der Waals surface area contributed by atoms with Crippen LogP contribution in [0.2, 0.25) is 0 Å². The molecular formula is C22H24BrFN2O2S. The van der Waals surface area contributed by atoms with Crippen LogP contribution < -0.4 is 10.6 Å². The highest BCUT2D eigenvalue weighted by Crippen LogP contribution is 2.26. The van der Waals surface area contributed by atoms with Crippen LogP contribution in [0.25, 0.3) is 0 Å². The summed E-state index contributed by atoms with van der Waals surface area (Å²) in [5.74, 6) is -0.132. The van der Waals surface area contributed by atoms with Crippen LogP contribution in [0.1, 0.15) is 42.5 Å². The minimum absolute atomic E-state index is 0.0326. The first-order valence-electron chi connectivity index (χ1n) is 9.78. The number of halogens is 2. The molecule has 0 unspecified atom stereocenters. The Kier molecular flexibility index (Phi) is 8.12. The minimum atomic E-state index is -0.514. The molecule has 0 saturated heterocycles. The van der Waals surface area contributed by atoms with Gasteiger partial charge < -0.3 is 10.6 Å². The fraction of sp³-hybridized carbons (Fsp3) is 0.364. The van der Waals surface area contributed by atoms with Gasteiger partial charge in [-0.25, -0.2) is 4.39 Å². The standard InChI is InChI=1S/C22H24BrFN2O2S/c23-16-10-11-19(18(24)12-16)26-22(28)17-8-4-5-9-20(17)29-14-21(27)25-13-15-6-2-1-3-7-15/h4-5,8-12,15H,1-3,6-7,13-14H2,(H,25,27)(H,26,28). The normalized spacial score (nSPS) is 14.4. The molecule has 1 saturated carbocycles. The van der Waals surface area contributed by atoms with Crippen molar-refractivity contribution in [3.63, 3.8) is 0 Å². The number of hydrogen-bond acceptors (Lipinski definition) is 3. The smallest absolute Gasteiger partial charge is 0.256 e. The van der Waals surface area contributed by atoms with E-state index >= 15 is 0 Å². The van der Waals surface area contributed by atoms with Crippen molar-refractivity contribution >= 4 is 45.2 Å². The maximum Gasteiger partial charge on any atom is 0.256 e. The summed E-state index contributed by atoms with van der Waals surface area (Å²) >= 11 is 4.51. The molecule has 2 aromatic rings. The van der Waals surface area contributed by atoms with Gasteiger partial charge in [-0.3, -0.25) is 9.59 Å². The summed E-state index contributed by atoms with van der Waals surface area (Å²) in [6.45, 7) is 0.727. The lowest BCUT2D eigenvalue weighted by Gasteiger charge is -2.21. The van der Waals surface area contributed by atoms with Gasteiger partial charge in [-0.2, -0.15) is 0 Å². The Bertz CT molecular complexity index is 872. The summed E-state index contributed by atoms with van der Waals surface area (Å²) in [7, 11) is 0. The van der Waals surface area contributed by atoms with E-state index < -0.39 is 11.7 Å². The number of benzene rings is 2. The third-order valence-electron chi connectivity index (χ3n) is 4.98. The van der Waals surface area contributed by atoms with E-state index in [0.29, 0.717) is 20.8 Å². The van der Waals surface area contributed by atoms with Crippen molar-refractivity contribution in [3.05, 3.63) is 58.3 Å². The molecule has 3 rings (SSSR count). The number of anilines is 1. The van der Waals surface area contributed by atoms with Crippen molar-refractivity contribution in [2.45, 2.75) is 37.0 Å². The lowest BCUT2D eigenvalue weighted by molar-refractivity contribution is -0.118. The molecule has 1 fully saturated rings. The first-order chi connectivity index (χ1) is 14.0. The fourth-order valence-electron chi connectivity index (χ4n) is 3.40. The zero-order valence-electron chi connectivity index (χ0n) is 16.0. The van der Waals surface area contributed by atoms with E-state index in [1.54, 1.807) is 24.3 Å². The van der Waals surface area contributed by atoms with Crippen LogP contribution in [0, 0.1) is 11.7 Å². The number of amides is 2. The maximum atomic E-state index is 14.0. The van der Waals surface area contributed by atoms with E-state index in [1.165, 1.54) is 56.0 Å². The largest absolute Gasteiger partial charge is 0.355 e. The van der Waals surface area contributed by atoms with Crippen molar-refractivity contribution in [1.82, 2.24) is 5.32 Å². The molecule has 0 aliphatic heterocycles. The summed E-state index contributed by atoms with van der Waals surface area (Å²) < 4.78 is 14.6. The van der Waals surface area contributed by atoms with Gasteiger partial charge >= 0.3 is 0 Å². The summed E-state index contributed by atoms with van der Waals surface area (Å²) in [5, 5.41) is 5.61. The molecule has 29 heavy (non-hydrogen) atoms. The molecule has 7 heteroatoms.